The summed E-state index contributed by atoms with van der Waals surface area (Å²) in [6.07, 6.45) is 3.63. The van der Waals surface area contributed by atoms with Crippen LogP contribution in [-0.2, 0) is 0 Å². The predicted octanol–water partition coefficient (Wildman–Crippen LogP) is -0.752. The molecule has 0 N–H and O–H groups in total. The molecule has 1 aliphatic rings. The van der Waals surface area contributed by atoms with Gasteiger partial charge in [-0.1, -0.05) is 29.8 Å². The van der Waals surface area contributed by atoms with Crippen LogP contribution in [0.1, 0.15) is 20.7 Å². The van der Waals surface area contributed by atoms with Gasteiger partial charge in [-0.05, 0) is 0 Å². The van der Waals surface area contributed by atoms with E-state index in [4.69, 9.17) is 0 Å². The van der Waals surface area contributed by atoms with Crippen LogP contribution in [0.3, 0.4) is 0 Å². The van der Waals surface area contributed by atoms with Gasteiger partial charge in [0.15, 0.2) is 0 Å². The van der Waals surface area contributed by atoms with Crippen LogP contribution in [0.15, 0.2) is 0 Å². The molecule has 0 aliphatic carbocycles. The average Bonchev–Trinajstić information content (AvgIpc) is 1.69. The Morgan fingerprint density at radius 3 is 1.88 bits per heavy atom. The number of rotatable bonds is 0. The first-order valence-corrected chi connectivity index (χ1v) is 5.10. The molecule has 3 heteroatoms. The zero-order valence-corrected chi connectivity index (χ0v) is 9.77. The van der Waals surface area contributed by atoms with Crippen molar-refractivity contribution in [1.29, 1.82) is 0 Å². The van der Waals surface area contributed by atoms with Crippen LogP contribution in [0, 0.1) is 0 Å². The van der Waals surface area contributed by atoms with Gasteiger partial charge in [-0.15, -0.1) is 0 Å². The molecular weight excluding hydrogens is 145 g/mol. The van der Waals surface area contributed by atoms with Gasteiger partial charge >= 0.3 is 66.0 Å². The summed E-state index contributed by atoms with van der Waals surface area (Å²) in [5.41, 5.74) is 0. The molecule has 0 aromatic carbocycles. The second-order valence-corrected chi connectivity index (χ2v) is 4.58. The Balaban J connectivity index is 0. The first-order valence-electron chi connectivity index (χ1n) is 3.03. The van der Waals surface area contributed by atoms with E-state index < -0.39 is 14.6 Å². The van der Waals surface area contributed by atoms with Gasteiger partial charge in [-0.25, -0.2) is 0 Å². The third-order valence-electron chi connectivity index (χ3n) is 1.53. The van der Waals surface area contributed by atoms with Crippen molar-refractivity contribution in [3.8, 4) is 0 Å². The van der Waals surface area contributed by atoms with Gasteiger partial charge in [0.05, 0.1) is 0 Å². The summed E-state index contributed by atoms with van der Waals surface area (Å²) in [6, 6.07) is 0. The van der Waals surface area contributed by atoms with Crippen molar-refractivity contribution in [3.05, 3.63) is 0 Å². The Labute approximate surface area is 99.0 Å². The average molecular weight is 156 g/mol. The molecule has 1 heterocycles. The molecule has 42 valence electrons. The van der Waals surface area contributed by atoms with E-state index in [0.717, 1.165) is 10.6 Å². The molecule has 0 saturated carbocycles. The zero-order chi connectivity index (χ0) is 5.11. The van der Waals surface area contributed by atoms with Gasteiger partial charge in [0.25, 0.3) is 0 Å². The van der Waals surface area contributed by atoms with Crippen LogP contribution < -0.4 is 51.4 Å². The summed E-state index contributed by atoms with van der Waals surface area (Å²) in [7, 11) is 0. The van der Waals surface area contributed by atoms with Crippen molar-refractivity contribution in [3.63, 3.8) is 0 Å². The molecule has 0 aromatic rings. The SMILES string of the molecule is [F][Al]1[CH2]CCC[CH2]1.[H-].[K+]. The Bertz CT molecular complexity index is 58.9. The van der Waals surface area contributed by atoms with Crippen LogP contribution in [-0.4, -0.2) is 14.6 Å². The Morgan fingerprint density at radius 1 is 1.12 bits per heavy atom. The fourth-order valence-electron chi connectivity index (χ4n) is 1.05. The standard InChI is InChI=1S/C5H10.Al.FH.K.H/c1-3-5-4-2;;;;/h1-5H2;;1H;;/q;+1;;+1;-1/p-1. The fraction of sp³-hybridized carbons (Fsp3) is 1.00. The quantitative estimate of drug-likeness (QED) is 0.405. The number of hydrogen-bond acceptors (Lipinski definition) is 0. The van der Waals surface area contributed by atoms with E-state index in [1.54, 1.807) is 0 Å². The van der Waals surface area contributed by atoms with Crippen molar-refractivity contribution < 1.29 is 56.3 Å². The van der Waals surface area contributed by atoms with Gasteiger partial charge in [-0.3, -0.25) is 0 Å². The van der Waals surface area contributed by atoms with Crippen molar-refractivity contribution >= 4 is 14.6 Å². The molecule has 0 amide bonds. The first kappa shape index (κ1) is 10.1. The van der Waals surface area contributed by atoms with E-state index in [2.05, 4.69) is 0 Å². The summed E-state index contributed by atoms with van der Waals surface area (Å²) >= 11 is -1.59. The van der Waals surface area contributed by atoms with E-state index in [9.17, 15) is 3.52 Å². The molecule has 1 fully saturated rings. The minimum absolute atomic E-state index is 0. The first-order chi connectivity index (χ1) is 3.39. The minimum Gasteiger partial charge on any atom is -1.00 e. The van der Waals surface area contributed by atoms with Crippen LogP contribution >= 0.6 is 0 Å². The molecule has 1 aliphatic heterocycles. The predicted molar refractivity (Wildman–Crippen MR) is 31.4 cm³/mol. The Hall–Kier alpha value is 2.10. The molecule has 8 heavy (non-hydrogen) atoms. The summed E-state index contributed by atoms with van der Waals surface area (Å²) in [4.78, 5) is 0. The van der Waals surface area contributed by atoms with Crippen molar-refractivity contribution in [2.24, 2.45) is 0 Å². The monoisotopic (exact) mass is 156 g/mol. The van der Waals surface area contributed by atoms with Crippen molar-refractivity contribution in [2.45, 2.75) is 29.8 Å². The van der Waals surface area contributed by atoms with Crippen LogP contribution in [0.4, 0.5) is 3.52 Å². The number of hydrogen-bond donors (Lipinski definition) is 0. The summed E-state index contributed by atoms with van der Waals surface area (Å²) < 4.78 is 12.3. The van der Waals surface area contributed by atoms with E-state index in [1.165, 1.54) is 19.3 Å². The molecule has 0 bridgehead atoms. The smallest absolute Gasteiger partial charge is 1.00 e. The largest absolute Gasteiger partial charge is 1.00 e. The molecule has 0 radical (unpaired) electrons. The summed E-state index contributed by atoms with van der Waals surface area (Å²) in [6.45, 7) is 0. The van der Waals surface area contributed by atoms with Gasteiger partial charge < -0.3 is 4.95 Å². The second kappa shape index (κ2) is 5.85. The maximum atomic E-state index is 12.3. The normalized spacial score (nSPS) is 19.9. The maximum absolute atomic E-state index is 12.3. The van der Waals surface area contributed by atoms with Gasteiger partial charge in [0.2, 0.25) is 0 Å². The minimum atomic E-state index is -1.59. The van der Waals surface area contributed by atoms with Crippen molar-refractivity contribution in [1.82, 2.24) is 0 Å². The third kappa shape index (κ3) is 4.00. The van der Waals surface area contributed by atoms with Crippen molar-refractivity contribution in [2.75, 3.05) is 0 Å². The van der Waals surface area contributed by atoms with Crippen LogP contribution in [0.2, 0.25) is 10.6 Å². The van der Waals surface area contributed by atoms with E-state index in [1.807, 2.05) is 0 Å². The molecule has 1 saturated heterocycles. The molecule has 0 aromatic heterocycles. The van der Waals surface area contributed by atoms with Crippen LogP contribution in [0.5, 0.6) is 0 Å². The topological polar surface area (TPSA) is 0 Å². The van der Waals surface area contributed by atoms with E-state index in [-0.39, 0.29) is 52.8 Å². The fourth-order valence-corrected chi connectivity index (χ4v) is 2.80. The third-order valence-corrected chi connectivity index (χ3v) is 3.60. The molecule has 0 unspecified atom stereocenters. The molecule has 0 atom stereocenters. The molecule has 1 rings (SSSR count). The Morgan fingerprint density at radius 2 is 1.62 bits per heavy atom. The molecule has 0 spiro atoms. The Kier molecular flexibility index (Phi) is 7.39. The van der Waals surface area contributed by atoms with Gasteiger partial charge in [0, 0.05) is 0 Å². The number of halogens is 1. The second-order valence-electron chi connectivity index (χ2n) is 2.24. The molecular formula is C5H11AlFK. The molecule has 0 nitrogen and oxygen atoms in total. The van der Waals surface area contributed by atoms with E-state index >= 15 is 0 Å². The summed E-state index contributed by atoms with van der Waals surface area (Å²) in [5, 5.41) is 1.92. The van der Waals surface area contributed by atoms with Gasteiger partial charge in [-0.2, -0.15) is 0 Å². The van der Waals surface area contributed by atoms with Crippen LogP contribution in [0.25, 0.3) is 0 Å². The maximum Gasteiger partial charge on any atom is 1.00 e. The van der Waals surface area contributed by atoms with Gasteiger partial charge in [0.1, 0.15) is 0 Å². The summed E-state index contributed by atoms with van der Waals surface area (Å²) in [5.74, 6) is 0. The van der Waals surface area contributed by atoms with E-state index in [0.29, 0.717) is 0 Å². The zero-order valence-electron chi connectivity index (χ0n) is 6.49.